The Balaban J connectivity index is 1.82. The lowest BCUT2D eigenvalue weighted by molar-refractivity contribution is -0.150. The van der Waals surface area contributed by atoms with Crippen LogP contribution in [0, 0.1) is 11.7 Å². The first-order valence-corrected chi connectivity index (χ1v) is 10.4. The van der Waals surface area contributed by atoms with Gasteiger partial charge in [-0.15, -0.1) is 0 Å². The number of carbonyl (C=O) groups excluding carboxylic acids is 2. The summed E-state index contributed by atoms with van der Waals surface area (Å²) in [6.07, 6.45) is 4.15. The standard InChI is InChI=1S/C18H25FN2O5S/c1-12-5-3-4-6-16(12)20-17(22)11-26-18(23)13(2)21-27(24,25)15-9-7-14(19)8-10-15/h7-10,12-13,16,21H,3-6,11H2,1-2H3,(H,20,22)/t12-,13-,16-/m0/s1. The summed E-state index contributed by atoms with van der Waals surface area (Å²) in [4.78, 5) is 23.8. The van der Waals surface area contributed by atoms with Gasteiger partial charge in [-0.2, -0.15) is 4.72 Å². The van der Waals surface area contributed by atoms with Crippen LogP contribution in [0.15, 0.2) is 29.2 Å². The zero-order chi connectivity index (χ0) is 20.0. The van der Waals surface area contributed by atoms with E-state index in [1.54, 1.807) is 0 Å². The maximum absolute atomic E-state index is 12.9. The molecule has 1 aliphatic carbocycles. The van der Waals surface area contributed by atoms with E-state index in [1.807, 2.05) is 0 Å². The molecule has 0 unspecified atom stereocenters. The van der Waals surface area contributed by atoms with Gasteiger partial charge in [0.1, 0.15) is 11.9 Å². The monoisotopic (exact) mass is 400 g/mol. The van der Waals surface area contributed by atoms with Crippen molar-refractivity contribution in [1.29, 1.82) is 0 Å². The predicted molar refractivity (Wildman–Crippen MR) is 96.7 cm³/mol. The zero-order valence-electron chi connectivity index (χ0n) is 15.4. The van der Waals surface area contributed by atoms with E-state index >= 15 is 0 Å². The number of ether oxygens (including phenoxy) is 1. The van der Waals surface area contributed by atoms with Crippen LogP contribution in [0.25, 0.3) is 0 Å². The van der Waals surface area contributed by atoms with Crippen molar-refractivity contribution in [1.82, 2.24) is 10.0 Å². The second-order valence-corrected chi connectivity index (χ2v) is 8.55. The highest BCUT2D eigenvalue weighted by Crippen LogP contribution is 2.23. The Hall–Kier alpha value is -2.00. The summed E-state index contributed by atoms with van der Waals surface area (Å²) in [5.74, 6) is -1.47. The van der Waals surface area contributed by atoms with E-state index in [9.17, 15) is 22.4 Å². The number of halogens is 1. The van der Waals surface area contributed by atoms with Crippen molar-refractivity contribution in [2.24, 2.45) is 5.92 Å². The number of hydrogen-bond acceptors (Lipinski definition) is 5. The molecule has 27 heavy (non-hydrogen) atoms. The molecular weight excluding hydrogens is 375 g/mol. The zero-order valence-corrected chi connectivity index (χ0v) is 16.2. The molecule has 2 N–H and O–H groups in total. The quantitative estimate of drug-likeness (QED) is 0.679. The van der Waals surface area contributed by atoms with E-state index in [4.69, 9.17) is 4.74 Å². The maximum atomic E-state index is 12.9. The molecule has 150 valence electrons. The number of amides is 1. The number of benzene rings is 1. The van der Waals surface area contributed by atoms with Gasteiger partial charge >= 0.3 is 5.97 Å². The minimum absolute atomic E-state index is 0.0688. The van der Waals surface area contributed by atoms with Crippen molar-refractivity contribution in [2.45, 2.75) is 56.5 Å². The molecule has 0 aromatic heterocycles. The van der Waals surface area contributed by atoms with Gasteiger partial charge in [0.2, 0.25) is 10.0 Å². The number of hydrogen-bond donors (Lipinski definition) is 2. The fourth-order valence-corrected chi connectivity index (χ4v) is 4.20. The fourth-order valence-electron chi connectivity index (χ4n) is 3.00. The van der Waals surface area contributed by atoms with Crippen molar-refractivity contribution in [3.05, 3.63) is 30.1 Å². The summed E-state index contributed by atoms with van der Waals surface area (Å²) >= 11 is 0. The molecule has 7 nitrogen and oxygen atoms in total. The van der Waals surface area contributed by atoms with Crippen LogP contribution >= 0.6 is 0 Å². The first-order valence-electron chi connectivity index (χ1n) is 8.93. The molecular formula is C18H25FN2O5S. The lowest BCUT2D eigenvalue weighted by Crippen LogP contribution is -2.44. The van der Waals surface area contributed by atoms with E-state index in [1.165, 1.54) is 6.92 Å². The van der Waals surface area contributed by atoms with Crippen LogP contribution in [-0.2, 0) is 24.3 Å². The van der Waals surface area contributed by atoms with Crippen LogP contribution in [0.5, 0.6) is 0 Å². The minimum atomic E-state index is -4.01. The summed E-state index contributed by atoms with van der Waals surface area (Å²) in [6.45, 7) is 2.91. The Morgan fingerprint density at radius 3 is 2.48 bits per heavy atom. The van der Waals surface area contributed by atoms with Crippen molar-refractivity contribution in [3.8, 4) is 0 Å². The summed E-state index contributed by atoms with van der Waals surface area (Å²) in [6, 6.07) is 3.08. The molecule has 0 heterocycles. The Morgan fingerprint density at radius 2 is 1.85 bits per heavy atom. The Kier molecular flexibility index (Phi) is 7.32. The third kappa shape index (κ3) is 6.28. The summed E-state index contributed by atoms with van der Waals surface area (Å²) in [7, 11) is -4.01. The van der Waals surface area contributed by atoms with Crippen molar-refractivity contribution in [3.63, 3.8) is 0 Å². The number of sulfonamides is 1. The van der Waals surface area contributed by atoms with E-state index in [2.05, 4.69) is 17.0 Å². The maximum Gasteiger partial charge on any atom is 0.324 e. The van der Waals surface area contributed by atoms with E-state index in [-0.39, 0.29) is 10.9 Å². The van der Waals surface area contributed by atoms with Crippen LogP contribution < -0.4 is 10.0 Å². The summed E-state index contributed by atoms with van der Waals surface area (Å²) in [5.41, 5.74) is 0. The number of esters is 1. The Bertz CT molecular complexity index is 766. The van der Waals surface area contributed by atoms with Crippen LogP contribution in [0.4, 0.5) is 4.39 Å². The molecule has 0 bridgehead atoms. The highest BCUT2D eigenvalue weighted by Gasteiger charge is 2.25. The highest BCUT2D eigenvalue weighted by molar-refractivity contribution is 7.89. The van der Waals surface area contributed by atoms with E-state index in [0.29, 0.717) is 5.92 Å². The number of carbonyl (C=O) groups is 2. The molecule has 0 radical (unpaired) electrons. The average Bonchev–Trinajstić information content (AvgIpc) is 2.61. The Morgan fingerprint density at radius 1 is 1.22 bits per heavy atom. The van der Waals surface area contributed by atoms with Gasteiger partial charge in [0, 0.05) is 6.04 Å². The first-order chi connectivity index (χ1) is 12.7. The molecule has 1 fully saturated rings. The van der Waals surface area contributed by atoms with Crippen LogP contribution in [0.2, 0.25) is 0 Å². The van der Waals surface area contributed by atoms with Gasteiger partial charge in [-0.25, -0.2) is 12.8 Å². The third-order valence-corrected chi connectivity index (χ3v) is 6.17. The second kappa shape index (κ2) is 9.27. The molecule has 1 aliphatic rings. The van der Waals surface area contributed by atoms with Crippen LogP contribution in [0.3, 0.4) is 0 Å². The lowest BCUT2D eigenvalue weighted by Gasteiger charge is -2.29. The second-order valence-electron chi connectivity index (χ2n) is 6.84. The minimum Gasteiger partial charge on any atom is -0.454 e. The van der Waals surface area contributed by atoms with Gasteiger partial charge in [0.15, 0.2) is 6.61 Å². The third-order valence-electron chi connectivity index (χ3n) is 4.61. The molecule has 0 saturated heterocycles. The number of rotatable bonds is 7. The van der Waals surface area contributed by atoms with Gasteiger partial charge in [-0.1, -0.05) is 19.8 Å². The SMILES string of the molecule is C[C@H](NS(=O)(=O)c1ccc(F)cc1)C(=O)OCC(=O)N[C@H]1CCCC[C@@H]1C. The van der Waals surface area contributed by atoms with Crippen molar-refractivity contribution in [2.75, 3.05) is 6.61 Å². The molecule has 1 aromatic carbocycles. The molecule has 9 heteroatoms. The first kappa shape index (κ1) is 21.3. The fraction of sp³-hybridized carbons (Fsp3) is 0.556. The van der Waals surface area contributed by atoms with E-state index < -0.39 is 40.4 Å². The summed E-state index contributed by atoms with van der Waals surface area (Å²) in [5, 5.41) is 2.85. The smallest absolute Gasteiger partial charge is 0.324 e. The van der Waals surface area contributed by atoms with Crippen LogP contribution in [0.1, 0.15) is 39.5 Å². The molecule has 2 rings (SSSR count). The van der Waals surface area contributed by atoms with Crippen molar-refractivity contribution < 1.29 is 27.1 Å². The topological polar surface area (TPSA) is 102 Å². The van der Waals surface area contributed by atoms with Crippen molar-refractivity contribution >= 4 is 21.9 Å². The van der Waals surface area contributed by atoms with Gasteiger partial charge in [0.25, 0.3) is 5.91 Å². The highest BCUT2D eigenvalue weighted by atomic mass is 32.2. The molecule has 0 aliphatic heterocycles. The van der Waals surface area contributed by atoms with Gasteiger partial charge in [0.05, 0.1) is 4.90 Å². The molecule has 0 spiro atoms. The van der Waals surface area contributed by atoms with Gasteiger partial charge in [-0.3, -0.25) is 9.59 Å². The van der Waals surface area contributed by atoms with Gasteiger partial charge < -0.3 is 10.1 Å². The summed E-state index contributed by atoms with van der Waals surface area (Å²) < 4.78 is 44.3. The molecule has 1 amide bonds. The predicted octanol–water partition coefficient (Wildman–Crippen LogP) is 1.73. The Labute approximate surface area is 158 Å². The van der Waals surface area contributed by atoms with E-state index in [0.717, 1.165) is 49.9 Å². The average molecular weight is 400 g/mol. The van der Waals surface area contributed by atoms with Gasteiger partial charge in [-0.05, 0) is 49.9 Å². The molecule has 3 atom stereocenters. The normalized spacial score (nSPS) is 21.3. The van der Waals surface area contributed by atoms with Crippen LogP contribution in [-0.4, -0.2) is 39.0 Å². The molecule has 1 aromatic rings. The number of nitrogens with one attached hydrogen (secondary N) is 2. The largest absolute Gasteiger partial charge is 0.454 e. The molecule has 1 saturated carbocycles. The lowest BCUT2D eigenvalue weighted by atomic mass is 9.86.